The lowest BCUT2D eigenvalue weighted by Crippen LogP contribution is -2.23. The fourth-order valence-electron chi connectivity index (χ4n) is 1.89. The molecule has 2 heteroatoms. The third-order valence-corrected chi connectivity index (χ3v) is 2.80. The number of hydrogen-bond donors (Lipinski definition) is 1. The molecule has 0 amide bonds. The van der Waals surface area contributed by atoms with E-state index in [-0.39, 0.29) is 11.2 Å². The van der Waals surface area contributed by atoms with Gasteiger partial charge in [-0.05, 0) is 49.0 Å². The second-order valence-electron chi connectivity index (χ2n) is 5.07. The highest BCUT2D eigenvalue weighted by Gasteiger charge is 2.17. The van der Waals surface area contributed by atoms with Gasteiger partial charge in [-0.15, -0.1) is 0 Å². The van der Waals surface area contributed by atoms with Gasteiger partial charge in [0.25, 0.3) is 0 Å². The first-order valence-corrected chi connectivity index (χ1v) is 5.99. The molecule has 0 saturated heterocycles. The molecule has 0 atom stereocenters. The molecular formula is C14H22FN. The number of hydrogen-bond acceptors (Lipinski definition) is 1. The van der Waals surface area contributed by atoms with Gasteiger partial charge in [-0.3, -0.25) is 0 Å². The van der Waals surface area contributed by atoms with Gasteiger partial charge in [0.1, 0.15) is 5.82 Å². The van der Waals surface area contributed by atoms with Crippen molar-refractivity contribution in [1.29, 1.82) is 0 Å². The maximum atomic E-state index is 13.0. The summed E-state index contributed by atoms with van der Waals surface area (Å²) in [5.41, 5.74) is 1.30. The minimum absolute atomic E-state index is 0.139. The molecule has 0 aliphatic heterocycles. The summed E-state index contributed by atoms with van der Waals surface area (Å²) in [6, 6.07) is 6.91. The Morgan fingerprint density at radius 1 is 1.31 bits per heavy atom. The number of halogens is 1. The maximum absolute atomic E-state index is 13.0. The molecule has 1 nitrogen and oxygen atoms in total. The zero-order valence-corrected chi connectivity index (χ0v) is 10.5. The average molecular weight is 223 g/mol. The van der Waals surface area contributed by atoms with Crippen LogP contribution in [0.25, 0.3) is 0 Å². The topological polar surface area (TPSA) is 12.0 Å². The number of benzene rings is 1. The SMILES string of the molecule is CCNCCC(C)(C)Cc1cccc(F)c1. The Kier molecular flexibility index (Phi) is 4.94. The Labute approximate surface area is 98.1 Å². The fourth-order valence-corrected chi connectivity index (χ4v) is 1.89. The van der Waals surface area contributed by atoms with E-state index >= 15 is 0 Å². The molecule has 0 radical (unpaired) electrons. The average Bonchev–Trinajstić information content (AvgIpc) is 2.17. The van der Waals surface area contributed by atoms with E-state index in [0.29, 0.717) is 0 Å². The summed E-state index contributed by atoms with van der Waals surface area (Å²) < 4.78 is 13.0. The molecule has 0 aromatic heterocycles. The van der Waals surface area contributed by atoms with Gasteiger partial charge in [-0.2, -0.15) is 0 Å². The van der Waals surface area contributed by atoms with Crippen LogP contribution in [0.4, 0.5) is 4.39 Å². The van der Waals surface area contributed by atoms with Gasteiger partial charge in [0.05, 0.1) is 0 Å². The largest absolute Gasteiger partial charge is 0.317 e. The van der Waals surface area contributed by atoms with Crippen molar-refractivity contribution in [3.63, 3.8) is 0 Å². The molecule has 0 fully saturated rings. The van der Waals surface area contributed by atoms with E-state index in [4.69, 9.17) is 0 Å². The normalized spacial score (nSPS) is 11.8. The Morgan fingerprint density at radius 3 is 2.69 bits per heavy atom. The van der Waals surface area contributed by atoms with Crippen LogP contribution < -0.4 is 5.32 Å². The van der Waals surface area contributed by atoms with Crippen molar-refractivity contribution in [3.8, 4) is 0 Å². The first-order valence-electron chi connectivity index (χ1n) is 5.99. The summed E-state index contributed by atoms with van der Waals surface area (Å²) >= 11 is 0. The summed E-state index contributed by atoms with van der Waals surface area (Å²) in [5.74, 6) is -0.139. The van der Waals surface area contributed by atoms with Crippen LogP contribution in [0.1, 0.15) is 32.8 Å². The number of nitrogens with one attached hydrogen (secondary N) is 1. The third-order valence-electron chi connectivity index (χ3n) is 2.80. The van der Waals surface area contributed by atoms with Gasteiger partial charge in [0, 0.05) is 0 Å². The Morgan fingerprint density at radius 2 is 2.06 bits per heavy atom. The lowest BCUT2D eigenvalue weighted by molar-refractivity contribution is 0.326. The highest BCUT2D eigenvalue weighted by atomic mass is 19.1. The molecule has 0 spiro atoms. The summed E-state index contributed by atoms with van der Waals surface area (Å²) in [4.78, 5) is 0. The first-order chi connectivity index (χ1) is 7.53. The minimum Gasteiger partial charge on any atom is -0.317 e. The van der Waals surface area contributed by atoms with Crippen molar-refractivity contribution in [2.45, 2.75) is 33.6 Å². The van der Waals surface area contributed by atoms with Crippen LogP contribution in [0.15, 0.2) is 24.3 Å². The molecule has 0 heterocycles. The van der Waals surface area contributed by atoms with Crippen molar-refractivity contribution >= 4 is 0 Å². The van der Waals surface area contributed by atoms with Gasteiger partial charge >= 0.3 is 0 Å². The Bertz CT molecular complexity index is 320. The van der Waals surface area contributed by atoms with Gasteiger partial charge in [-0.25, -0.2) is 4.39 Å². The molecule has 1 aromatic carbocycles. The smallest absolute Gasteiger partial charge is 0.123 e. The molecule has 0 unspecified atom stereocenters. The predicted octanol–water partition coefficient (Wildman–Crippen LogP) is 3.39. The maximum Gasteiger partial charge on any atom is 0.123 e. The Balaban J connectivity index is 2.51. The van der Waals surface area contributed by atoms with E-state index in [1.807, 2.05) is 6.07 Å². The van der Waals surface area contributed by atoms with Gasteiger partial charge in [-0.1, -0.05) is 32.9 Å². The van der Waals surface area contributed by atoms with Gasteiger partial charge < -0.3 is 5.32 Å². The first kappa shape index (κ1) is 13.2. The van der Waals surface area contributed by atoms with Crippen LogP contribution in [-0.2, 0) is 6.42 Å². The Hall–Kier alpha value is -0.890. The molecular weight excluding hydrogens is 201 g/mol. The lowest BCUT2D eigenvalue weighted by Gasteiger charge is -2.24. The van der Waals surface area contributed by atoms with Crippen LogP contribution in [-0.4, -0.2) is 13.1 Å². The molecule has 1 N–H and O–H groups in total. The van der Waals surface area contributed by atoms with Gasteiger partial charge in [0.15, 0.2) is 0 Å². The van der Waals surface area contributed by atoms with Crippen LogP contribution in [0, 0.1) is 11.2 Å². The summed E-state index contributed by atoms with van der Waals surface area (Å²) in [5, 5.41) is 3.33. The van der Waals surface area contributed by atoms with Crippen LogP contribution in [0.5, 0.6) is 0 Å². The van der Waals surface area contributed by atoms with E-state index in [1.54, 1.807) is 12.1 Å². The molecule has 1 aromatic rings. The molecule has 0 bridgehead atoms. The standard InChI is InChI=1S/C14H22FN/c1-4-16-9-8-14(2,3)11-12-6-5-7-13(15)10-12/h5-7,10,16H,4,8-9,11H2,1-3H3. The van der Waals surface area contributed by atoms with Crippen molar-refractivity contribution < 1.29 is 4.39 Å². The fraction of sp³-hybridized carbons (Fsp3) is 0.571. The summed E-state index contributed by atoms with van der Waals surface area (Å²) in [6.07, 6.45) is 2.04. The van der Waals surface area contributed by atoms with Crippen LogP contribution in [0.3, 0.4) is 0 Å². The van der Waals surface area contributed by atoms with E-state index < -0.39 is 0 Å². The van der Waals surface area contributed by atoms with Crippen LogP contribution in [0.2, 0.25) is 0 Å². The van der Waals surface area contributed by atoms with E-state index in [1.165, 1.54) is 6.07 Å². The second kappa shape index (κ2) is 6.00. The molecule has 90 valence electrons. The highest BCUT2D eigenvalue weighted by molar-refractivity contribution is 5.17. The molecule has 0 saturated carbocycles. The lowest BCUT2D eigenvalue weighted by atomic mass is 9.82. The predicted molar refractivity (Wildman–Crippen MR) is 67.0 cm³/mol. The molecule has 0 aliphatic carbocycles. The quantitative estimate of drug-likeness (QED) is 0.729. The minimum atomic E-state index is -0.139. The zero-order chi connectivity index (χ0) is 12.0. The van der Waals surface area contributed by atoms with Gasteiger partial charge in [0.2, 0.25) is 0 Å². The van der Waals surface area contributed by atoms with E-state index in [9.17, 15) is 4.39 Å². The van der Waals surface area contributed by atoms with Crippen molar-refractivity contribution in [2.24, 2.45) is 5.41 Å². The second-order valence-corrected chi connectivity index (χ2v) is 5.07. The molecule has 1 rings (SSSR count). The summed E-state index contributed by atoms with van der Waals surface area (Å²) in [7, 11) is 0. The number of rotatable bonds is 6. The van der Waals surface area contributed by atoms with E-state index in [0.717, 1.165) is 31.5 Å². The van der Waals surface area contributed by atoms with Crippen LogP contribution >= 0.6 is 0 Å². The van der Waals surface area contributed by atoms with E-state index in [2.05, 4.69) is 26.1 Å². The van der Waals surface area contributed by atoms with Crippen molar-refractivity contribution in [1.82, 2.24) is 5.32 Å². The monoisotopic (exact) mass is 223 g/mol. The summed E-state index contributed by atoms with van der Waals surface area (Å²) in [6.45, 7) is 8.61. The highest BCUT2D eigenvalue weighted by Crippen LogP contribution is 2.25. The van der Waals surface area contributed by atoms with Crippen molar-refractivity contribution in [3.05, 3.63) is 35.6 Å². The third kappa shape index (κ3) is 4.75. The van der Waals surface area contributed by atoms with Crippen molar-refractivity contribution in [2.75, 3.05) is 13.1 Å². The molecule has 0 aliphatic rings. The molecule has 16 heavy (non-hydrogen) atoms. The zero-order valence-electron chi connectivity index (χ0n) is 10.5.